The minimum absolute atomic E-state index is 0.0669. The van der Waals surface area contributed by atoms with Gasteiger partial charge in [-0.25, -0.2) is 4.98 Å². The quantitative estimate of drug-likeness (QED) is 0.943. The van der Waals surface area contributed by atoms with Gasteiger partial charge in [0.2, 0.25) is 0 Å². The van der Waals surface area contributed by atoms with E-state index in [1.807, 2.05) is 0 Å². The second-order valence-corrected chi connectivity index (χ2v) is 4.95. The lowest BCUT2D eigenvalue weighted by atomic mass is 10.1. The Labute approximate surface area is 118 Å². The Morgan fingerprint density at radius 1 is 1.29 bits per heavy atom. The molecule has 0 saturated heterocycles. The Morgan fingerprint density at radius 2 is 2.00 bits per heavy atom. The molecule has 0 aliphatic heterocycles. The van der Waals surface area contributed by atoms with Crippen molar-refractivity contribution >= 4 is 0 Å². The number of benzene rings is 1. The van der Waals surface area contributed by atoms with E-state index in [-0.39, 0.29) is 11.6 Å². The zero-order valence-corrected chi connectivity index (χ0v) is 10.9. The number of imidazole rings is 1. The fourth-order valence-corrected chi connectivity index (χ4v) is 2.27. The fourth-order valence-electron chi connectivity index (χ4n) is 2.27. The van der Waals surface area contributed by atoms with Gasteiger partial charge in [-0.3, -0.25) is 0 Å². The second-order valence-electron chi connectivity index (χ2n) is 4.95. The number of aliphatic hydroxyl groups is 1. The van der Waals surface area contributed by atoms with Crippen LogP contribution in [0.3, 0.4) is 0 Å². The summed E-state index contributed by atoms with van der Waals surface area (Å²) < 4.78 is 43.0. The number of halogens is 3. The maximum Gasteiger partial charge on any atom is 0.573 e. The Hall–Kier alpha value is -2.02. The summed E-state index contributed by atoms with van der Waals surface area (Å²) in [5, 5.41) is 10.4. The smallest absolute Gasteiger partial charge is 0.405 e. The third-order valence-corrected chi connectivity index (χ3v) is 3.36. The first-order chi connectivity index (χ1) is 9.96. The van der Waals surface area contributed by atoms with Crippen LogP contribution < -0.4 is 4.74 Å². The van der Waals surface area contributed by atoms with Gasteiger partial charge in [0.1, 0.15) is 11.9 Å². The van der Waals surface area contributed by atoms with Gasteiger partial charge < -0.3 is 14.4 Å². The third-order valence-electron chi connectivity index (χ3n) is 3.36. The monoisotopic (exact) mass is 298 g/mol. The first kappa shape index (κ1) is 13.9. The first-order valence-corrected chi connectivity index (χ1v) is 6.50. The van der Waals surface area contributed by atoms with Crippen LogP contribution in [0.4, 0.5) is 13.2 Å². The molecule has 1 aliphatic rings. The molecule has 1 saturated carbocycles. The molecule has 1 heterocycles. The third kappa shape index (κ3) is 3.02. The number of rotatable bonds is 4. The van der Waals surface area contributed by atoms with E-state index < -0.39 is 18.2 Å². The van der Waals surface area contributed by atoms with Crippen LogP contribution in [-0.2, 0) is 0 Å². The highest BCUT2D eigenvalue weighted by Crippen LogP contribution is 2.39. The average Bonchev–Trinajstić information content (AvgIpc) is 3.14. The minimum atomic E-state index is -4.80. The molecule has 112 valence electrons. The number of ether oxygens (including phenoxy) is 1. The van der Waals surface area contributed by atoms with Crippen molar-refractivity contribution in [3.05, 3.63) is 48.0 Å². The van der Waals surface area contributed by atoms with Crippen LogP contribution in [-0.4, -0.2) is 21.0 Å². The molecule has 1 aromatic carbocycles. The summed E-state index contributed by atoms with van der Waals surface area (Å²) in [6.45, 7) is 0. The molecule has 4 nitrogen and oxygen atoms in total. The van der Waals surface area contributed by atoms with Crippen LogP contribution >= 0.6 is 0 Å². The Kier molecular flexibility index (Phi) is 3.36. The topological polar surface area (TPSA) is 47.3 Å². The van der Waals surface area contributed by atoms with Crippen molar-refractivity contribution in [1.82, 2.24) is 9.55 Å². The van der Waals surface area contributed by atoms with Gasteiger partial charge in [0, 0.05) is 11.6 Å². The first-order valence-electron chi connectivity index (χ1n) is 6.50. The van der Waals surface area contributed by atoms with E-state index in [0.29, 0.717) is 5.69 Å². The van der Waals surface area contributed by atoms with Crippen LogP contribution in [0, 0.1) is 0 Å². The molecule has 1 unspecified atom stereocenters. The number of para-hydroxylation sites is 1. The lowest BCUT2D eigenvalue weighted by molar-refractivity contribution is -0.275. The van der Waals surface area contributed by atoms with Crippen LogP contribution in [0.1, 0.15) is 36.2 Å². The van der Waals surface area contributed by atoms with E-state index in [0.717, 1.165) is 12.8 Å². The number of hydrogen-bond donors (Lipinski definition) is 1. The number of nitrogens with zero attached hydrogens (tertiary/aromatic N) is 2. The molecule has 3 rings (SSSR count). The highest BCUT2D eigenvalue weighted by atomic mass is 19.4. The van der Waals surface area contributed by atoms with Gasteiger partial charge >= 0.3 is 6.36 Å². The molecule has 0 spiro atoms. The molecule has 0 radical (unpaired) electrons. The average molecular weight is 298 g/mol. The number of hydrogen-bond acceptors (Lipinski definition) is 3. The summed E-state index contributed by atoms with van der Waals surface area (Å²) in [6, 6.07) is 5.85. The minimum Gasteiger partial charge on any atom is -0.405 e. The van der Waals surface area contributed by atoms with E-state index >= 15 is 0 Å². The molecule has 0 amide bonds. The van der Waals surface area contributed by atoms with Gasteiger partial charge in [0.05, 0.1) is 18.2 Å². The number of aromatic nitrogens is 2. The van der Waals surface area contributed by atoms with Crippen molar-refractivity contribution in [3.63, 3.8) is 0 Å². The second kappa shape index (κ2) is 5.07. The van der Waals surface area contributed by atoms with Crippen molar-refractivity contribution < 1.29 is 23.0 Å². The van der Waals surface area contributed by atoms with Crippen molar-refractivity contribution in [2.24, 2.45) is 0 Å². The predicted octanol–water partition coefficient (Wildman–Crippen LogP) is 3.20. The fraction of sp³-hybridized carbons (Fsp3) is 0.357. The van der Waals surface area contributed by atoms with Crippen molar-refractivity contribution in [2.75, 3.05) is 0 Å². The van der Waals surface area contributed by atoms with Gasteiger partial charge in [-0.1, -0.05) is 18.2 Å². The van der Waals surface area contributed by atoms with Crippen LogP contribution in [0.15, 0.2) is 36.8 Å². The molecule has 7 heteroatoms. The number of alkyl halides is 3. The maximum atomic E-state index is 12.4. The largest absolute Gasteiger partial charge is 0.573 e. The summed E-state index contributed by atoms with van der Waals surface area (Å²) in [7, 11) is 0. The Balaban J connectivity index is 1.94. The van der Waals surface area contributed by atoms with Gasteiger partial charge in [-0.15, -0.1) is 13.2 Å². The summed E-state index contributed by atoms with van der Waals surface area (Å²) in [5.74, 6) is -0.402. The van der Waals surface area contributed by atoms with Crippen molar-refractivity contribution in [1.29, 1.82) is 0 Å². The lowest BCUT2D eigenvalue weighted by Crippen LogP contribution is -2.19. The van der Waals surface area contributed by atoms with Crippen LogP contribution in [0.25, 0.3) is 0 Å². The van der Waals surface area contributed by atoms with E-state index in [2.05, 4.69) is 9.72 Å². The molecular weight excluding hydrogens is 285 g/mol. The molecule has 2 aromatic rings. The standard InChI is InChI=1S/C14H13F3N2O2/c15-14(16,17)21-12-4-2-1-3-10(12)13(20)11-7-18-8-19(11)9-5-6-9/h1-4,7-9,13,20H,5-6H2. The van der Waals surface area contributed by atoms with E-state index in [9.17, 15) is 18.3 Å². The van der Waals surface area contributed by atoms with Crippen molar-refractivity contribution in [2.45, 2.75) is 31.3 Å². The molecular formula is C14H13F3N2O2. The molecule has 1 fully saturated rings. The van der Waals surface area contributed by atoms with Gasteiger partial charge in [-0.2, -0.15) is 0 Å². The molecule has 1 atom stereocenters. The van der Waals surface area contributed by atoms with Gasteiger partial charge in [0.15, 0.2) is 0 Å². The summed E-state index contributed by atoms with van der Waals surface area (Å²) in [6.07, 6.45) is -0.997. The molecule has 0 bridgehead atoms. The number of aliphatic hydroxyl groups excluding tert-OH is 1. The molecule has 1 N–H and O–H groups in total. The highest BCUT2D eigenvalue weighted by molar-refractivity contribution is 5.38. The molecule has 21 heavy (non-hydrogen) atoms. The summed E-state index contributed by atoms with van der Waals surface area (Å²) >= 11 is 0. The van der Waals surface area contributed by atoms with E-state index in [1.165, 1.54) is 24.4 Å². The van der Waals surface area contributed by atoms with Gasteiger partial charge in [-0.05, 0) is 18.9 Å². The normalized spacial score (nSPS) is 16.8. The van der Waals surface area contributed by atoms with E-state index in [4.69, 9.17) is 0 Å². The summed E-state index contributed by atoms with van der Waals surface area (Å²) in [5.41, 5.74) is 0.535. The zero-order valence-electron chi connectivity index (χ0n) is 10.9. The summed E-state index contributed by atoms with van der Waals surface area (Å²) in [4.78, 5) is 3.97. The maximum absolute atomic E-state index is 12.4. The molecule has 1 aromatic heterocycles. The Bertz CT molecular complexity index is 635. The van der Waals surface area contributed by atoms with Gasteiger partial charge in [0.25, 0.3) is 0 Å². The lowest BCUT2D eigenvalue weighted by Gasteiger charge is -2.18. The van der Waals surface area contributed by atoms with Crippen LogP contribution in [0.2, 0.25) is 0 Å². The predicted molar refractivity (Wildman–Crippen MR) is 67.7 cm³/mol. The van der Waals surface area contributed by atoms with Crippen molar-refractivity contribution in [3.8, 4) is 5.75 Å². The van der Waals surface area contributed by atoms with Crippen LogP contribution in [0.5, 0.6) is 5.75 Å². The van der Waals surface area contributed by atoms with E-state index in [1.54, 1.807) is 17.0 Å². The Morgan fingerprint density at radius 3 is 2.67 bits per heavy atom. The SMILES string of the molecule is OC(c1ccccc1OC(F)(F)F)c1cncn1C1CC1. The zero-order chi connectivity index (χ0) is 15.0. The highest BCUT2D eigenvalue weighted by Gasteiger charge is 2.34. The molecule has 1 aliphatic carbocycles.